The van der Waals surface area contributed by atoms with Gasteiger partial charge in [-0.1, -0.05) is 23.8 Å². The number of hydrogen-bond acceptors (Lipinski definition) is 3. The zero-order chi connectivity index (χ0) is 9.68. The van der Waals surface area contributed by atoms with Gasteiger partial charge in [0, 0.05) is 0 Å². The van der Waals surface area contributed by atoms with Gasteiger partial charge in [-0.2, -0.15) is 5.26 Å². The van der Waals surface area contributed by atoms with Gasteiger partial charge in [0.25, 0.3) is 0 Å². The van der Waals surface area contributed by atoms with E-state index in [0.717, 1.165) is 5.65 Å². The van der Waals surface area contributed by atoms with E-state index in [9.17, 15) is 9.28 Å². The van der Waals surface area contributed by atoms with E-state index in [1.165, 1.54) is 18.2 Å². The quantitative estimate of drug-likeness (QED) is 0.417. The van der Waals surface area contributed by atoms with Crippen molar-refractivity contribution in [3.8, 4) is 6.07 Å². The average molecular weight is 179 g/mol. The fourth-order valence-electron chi connectivity index (χ4n) is 0.831. The van der Waals surface area contributed by atoms with Gasteiger partial charge in [-0.05, 0) is 12.1 Å². The van der Waals surface area contributed by atoms with Crippen LogP contribution in [0.3, 0.4) is 0 Å². The van der Waals surface area contributed by atoms with E-state index in [2.05, 4.69) is 0 Å². The first-order valence-electron chi connectivity index (χ1n) is 3.45. The molecule has 0 aliphatic carbocycles. The first kappa shape index (κ1) is 9.16. The van der Waals surface area contributed by atoms with Crippen LogP contribution in [-0.2, 0) is 4.79 Å². The molecule has 0 saturated heterocycles. The molecule has 0 saturated carbocycles. The van der Waals surface area contributed by atoms with Crippen LogP contribution in [0.5, 0.6) is 0 Å². The van der Waals surface area contributed by atoms with Crippen LogP contribution in [0.15, 0.2) is 30.3 Å². The first-order valence-corrected chi connectivity index (χ1v) is 3.45. The van der Waals surface area contributed by atoms with Crippen LogP contribution in [0.2, 0.25) is 0 Å². The molecule has 1 aromatic rings. The van der Waals surface area contributed by atoms with Gasteiger partial charge >= 0.3 is 5.91 Å². The molecule has 66 valence electrons. The van der Waals surface area contributed by atoms with Crippen LogP contribution < -0.4 is 10.7 Å². The largest absolute Gasteiger partial charge is 0.345 e. The van der Waals surface area contributed by atoms with Crippen molar-refractivity contribution in [3.63, 3.8) is 0 Å². The highest BCUT2D eigenvalue weighted by molar-refractivity contribution is 6.03. The maximum atomic E-state index is 12.1. The Morgan fingerprint density at radius 1 is 1.46 bits per heavy atom. The number of hydrogen-bond donors (Lipinski definition) is 1. The van der Waals surface area contributed by atoms with Gasteiger partial charge in [0.05, 0.1) is 5.69 Å². The minimum absolute atomic E-state index is 0.275. The number of nitrogens with zero attached hydrogens (tertiary/aromatic N) is 2. The van der Waals surface area contributed by atoms with E-state index < -0.39 is 5.91 Å². The number of carbonyl (C=O) groups excluding carboxylic acids is 1. The number of carbonyl (C=O) groups is 1. The lowest BCUT2D eigenvalue weighted by molar-refractivity contribution is -0.115. The van der Waals surface area contributed by atoms with E-state index >= 15 is 0 Å². The molecule has 0 aromatic heterocycles. The topological polar surface area (TPSA) is 56.1 Å². The van der Waals surface area contributed by atoms with Crippen molar-refractivity contribution in [1.82, 2.24) is 5.65 Å². The van der Waals surface area contributed by atoms with Crippen LogP contribution in [0, 0.1) is 11.3 Å². The Bertz CT molecular complexity index is 333. The van der Waals surface area contributed by atoms with E-state index in [1.54, 1.807) is 18.2 Å². The van der Waals surface area contributed by atoms with Crippen molar-refractivity contribution < 1.29 is 9.28 Å². The standard InChI is InChI=1S/C8H6FN3O/c9-11-12(8(13)6-10)7-4-2-1-3-5-7/h1-5,11H. The Labute approximate surface area is 74.1 Å². The Hall–Kier alpha value is -1.93. The maximum absolute atomic E-state index is 12.1. The van der Waals surface area contributed by atoms with Gasteiger partial charge in [-0.3, -0.25) is 4.79 Å². The zero-order valence-electron chi connectivity index (χ0n) is 6.57. The Kier molecular flexibility index (Phi) is 2.95. The van der Waals surface area contributed by atoms with Crippen LogP contribution in [0.4, 0.5) is 10.2 Å². The highest BCUT2D eigenvalue weighted by atomic mass is 19.2. The molecule has 0 heterocycles. The predicted octanol–water partition coefficient (Wildman–Crippen LogP) is 0.932. The van der Waals surface area contributed by atoms with Crippen molar-refractivity contribution in [1.29, 1.82) is 5.26 Å². The number of halogens is 1. The number of hydrazine groups is 1. The van der Waals surface area contributed by atoms with E-state index in [-0.39, 0.29) is 5.69 Å². The molecular formula is C8H6FN3O. The molecule has 1 rings (SSSR count). The van der Waals surface area contributed by atoms with Crippen LogP contribution >= 0.6 is 0 Å². The number of nitrogens with one attached hydrogen (secondary N) is 1. The predicted molar refractivity (Wildman–Crippen MR) is 43.8 cm³/mol. The first-order chi connectivity index (χ1) is 6.29. The molecule has 0 fully saturated rings. The van der Waals surface area contributed by atoms with E-state index in [0.29, 0.717) is 5.01 Å². The summed E-state index contributed by atoms with van der Waals surface area (Å²) in [6.45, 7) is 0. The normalized spacial score (nSPS) is 8.92. The maximum Gasteiger partial charge on any atom is 0.345 e. The summed E-state index contributed by atoms with van der Waals surface area (Å²) < 4.78 is 12.1. The number of benzene rings is 1. The van der Waals surface area contributed by atoms with Crippen molar-refractivity contribution in [2.75, 3.05) is 5.01 Å². The summed E-state index contributed by atoms with van der Waals surface area (Å²) in [5.41, 5.74) is 1.40. The molecule has 0 bridgehead atoms. The fraction of sp³-hybridized carbons (Fsp3) is 0. The lowest BCUT2D eigenvalue weighted by Gasteiger charge is -2.13. The number of nitriles is 1. The molecule has 1 amide bonds. The average Bonchev–Trinajstić information content (AvgIpc) is 2.20. The zero-order valence-corrected chi connectivity index (χ0v) is 6.57. The molecular weight excluding hydrogens is 173 g/mol. The van der Waals surface area contributed by atoms with Gasteiger partial charge < -0.3 is 0 Å². The lowest BCUT2D eigenvalue weighted by Crippen LogP contribution is -2.37. The highest BCUT2D eigenvalue weighted by Gasteiger charge is 2.13. The second kappa shape index (κ2) is 4.18. The van der Waals surface area contributed by atoms with E-state index in [1.807, 2.05) is 0 Å². The van der Waals surface area contributed by atoms with Crippen LogP contribution in [0.25, 0.3) is 0 Å². The van der Waals surface area contributed by atoms with Gasteiger partial charge in [-0.15, -0.1) is 4.48 Å². The van der Waals surface area contributed by atoms with E-state index in [4.69, 9.17) is 5.26 Å². The van der Waals surface area contributed by atoms with Gasteiger partial charge in [0.2, 0.25) is 0 Å². The Morgan fingerprint density at radius 3 is 2.54 bits per heavy atom. The fourth-order valence-corrected chi connectivity index (χ4v) is 0.831. The number of rotatable bonds is 2. The van der Waals surface area contributed by atoms with Gasteiger partial charge in [0.1, 0.15) is 0 Å². The van der Waals surface area contributed by atoms with Crippen molar-refractivity contribution in [2.45, 2.75) is 0 Å². The van der Waals surface area contributed by atoms with Crippen molar-refractivity contribution >= 4 is 11.6 Å². The molecule has 1 N–H and O–H groups in total. The minimum Gasteiger partial charge on any atom is -0.255 e. The molecule has 13 heavy (non-hydrogen) atoms. The molecule has 5 heteroatoms. The molecule has 0 unspecified atom stereocenters. The minimum atomic E-state index is -1.01. The second-order valence-electron chi connectivity index (χ2n) is 2.17. The third-order valence-electron chi connectivity index (χ3n) is 1.40. The van der Waals surface area contributed by atoms with Crippen LogP contribution in [0.1, 0.15) is 0 Å². The number of para-hydroxylation sites is 1. The summed E-state index contributed by atoms with van der Waals surface area (Å²) in [7, 11) is 0. The summed E-state index contributed by atoms with van der Waals surface area (Å²) >= 11 is 0. The molecule has 0 radical (unpaired) electrons. The molecule has 0 aliphatic rings. The number of anilines is 1. The lowest BCUT2D eigenvalue weighted by atomic mass is 10.3. The second-order valence-corrected chi connectivity index (χ2v) is 2.17. The van der Waals surface area contributed by atoms with Gasteiger partial charge in [0.15, 0.2) is 6.07 Å². The molecule has 0 atom stereocenters. The SMILES string of the molecule is N#CC(=O)N(NF)c1ccccc1. The third kappa shape index (κ3) is 2.01. The molecule has 1 aromatic carbocycles. The van der Waals surface area contributed by atoms with Crippen LogP contribution in [-0.4, -0.2) is 5.91 Å². The summed E-state index contributed by atoms with van der Waals surface area (Å²) in [5, 5.41) is 8.76. The molecule has 0 aliphatic heterocycles. The summed E-state index contributed by atoms with van der Waals surface area (Å²) in [5.74, 6) is -1.01. The van der Waals surface area contributed by atoms with Gasteiger partial charge in [-0.25, -0.2) is 5.01 Å². The molecule has 0 spiro atoms. The summed E-state index contributed by atoms with van der Waals surface area (Å²) in [6.07, 6.45) is 0. The third-order valence-corrected chi connectivity index (χ3v) is 1.40. The highest BCUT2D eigenvalue weighted by Crippen LogP contribution is 2.10. The Balaban J connectivity index is 2.93. The van der Waals surface area contributed by atoms with Crippen molar-refractivity contribution in [2.24, 2.45) is 0 Å². The summed E-state index contributed by atoms with van der Waals surface area (Å²) in [6, 6.07) is 9.28. The Morgan fingerprint density at radius 2 is 2.08 bits per heavy atom. The summed E-state index contributed by atoms with van der Waals surface area (Å²) in [4.78, 5) is 10.8. The monoisotopic (exact) mass is 179 g/mol. The number of amides is 1. The smallest absolute Gasteiger partial charge is 0.255 e. The van der Waals surface area contributed by atoms with Crippen molar-refractivity contribution in [3.05, 3.63) is 30.3 Å². The molecule has 4 nitrogen and oxygen atoms in total.